The van der Waals surface area contributed by atoms with E-state index in [2.05, 4.69) is 5.32 Å². The standard InChI is InChI=1S/C12H20N2O4/c1-8(2)7-14-6-5-10(15)13-9(12(14)18)3-4-11(16)17/h8-9H,3-7H2,1-2H3,(H,13,15)(H,16,17)/t9-/m0/s1. The molecule has 0 unspecified atom stereocenters. The largest absolute Gasteiger partial charge is 0.481 e. The molecular formula is C12H20N2O4. The van der Waals surface area contributed by atoms with Gasteiger partial charge in [-0.05, 0) is 12.3 Å². The number of carboxylic acid groups (broad SMARTS) is 1. The van der Waals surface area contributed by atoms with E-state index in [-0.39, 0.29) is 31.1 Å². The van der Waals surface area contributed by atoms with Crippen LogP contribution in [-0.4, -0.2) is 46.9 Å². The second-order valence-electron chi connectivity index (χ2n) is 4.98. The first-order valence-electron chi connectivity index (χ1n) is 6.20. The van der Waals surface area contributed by atoms with Crippen molar-refractivity contribution in [1.82, 2.24) is 10.2 Å². The molecule has 0 aromatic carbocycles. The highest BCUT2D eigenvalue weighted by molar-refractivity contribution is 5.90. The van der Waals surface area contributed by atoms with Crippen molar-refractivity contribution in [3.05, 3.63) is 0 Å². The fourth-order valence-electron chi connectivity index (χ4n) is 1.98. The predicted octanol–water partition coefficient (Wildman–Crippen LogP) is 0.224. The van der Waals surface area contributed by atoms with Crippen LogP contribution in [0.4, 0.5) is 0 Å². The van der Waals surface area contributed by atoms with Gasteiger partial charge < -0.3 is 15.3 Å². The maximum atomic E-state index is 12.2. The third-order valence-corrected chi connectivity index (χ3v) is 2.79. The van der Waals surface area contributed by atoms with E-state index in [1.54, 1.807) is 4.90 Å². The Morgan fingerprint density at radius 1 is 1.50 bits per heavy atom. The van der Waals surface area contributed by atoms with Crippen LogP contribution in [0, 0.1) is 5.92 Å². The van der Waals surface area contributed by atoms with Crippen LogP contribution in [0.25, 0.3) is 0 Å². The highest BCUT2D eigenvalue weighted by Gasteiger charge is 2.30. The first kappa shape index (κ1) is 14.5. The molecule has 102 valence electrons. The summed E-state index contributed by atoms with van der Waals surface area (Å²) in [6.45, 7) is 5.00. The van der Waals surface area contributed by atoms with Crippen molar-refractivity contribution in [1.29, 1.82) is 0 Å². The van der Waals surface area contributed by atoms with Gasteiger partial charge in [0.25, 0.3) is 0 Å². The normalized spacial score (nSPS) is 20.8. The molecule has 0 aromatic heterocycles. The Hall–Kier alpha value is -1.59. The van der Waals surface area contributed by atoms with Crippen LogP contribution < -0.4 is 5.32 Å². The van der Waals surface area contributed by atoms with E-state index in [9.17, 15) is 14.4 Å². The molecule has 6 heteroatoms. The van der Waals surface area contributed by atoms with E-state index in [1.807, 2.05) is 13.8 Å². The lowest BCUT2D eigenvalue weighted by Crippen LogP contribution is -2.45. The van der Waals surface area contributed by atoms with Gasteiger partial charge in [0.15, 0.2) is 0 Å². The molecule has 18 heavy (non-hydrogen) atoms. The predicted molar refractivity (Wildman–Crippen MR) is 64.8 cm³/mol. The van der Waals surface area contributed by atoms with Crippen LogP contribution in [0.2, 0.25) is 0 Å². The van der Waals surface area contributed by atoms with E-state index in [0.29, 0.717) is 19.0 Å². The molecule has 6 nitrogen and oxygen atoms in total. The Balaban J connectivity index is 2.70. The third kappa shape index (κ3) is 4.35. The molecule has 0 radical (unpaired) electrons. The molecule has 1 aliphatic heterocycles. The smallest absolute Gasteiger partial charge is 0.303 e. The van der Waals surface area contributed by atoms with Crippen molar-refractivity contribution >= 4 is 17.8 Å². The summed E-state index contributed by atoms with van der Waals surface area (Å²) in [6, 6.07) is -0.699. The second kappa shape index (κ2) is 6.37. The molecule has 0 bridgehead atoms. The molecule has 0 aromatic rings. The first-order chi connectivity index (χ1) is 8.40. The highest BCUT2D eigenvalue weighted by atomic mass is 16.4. The summed E-state index contributed by atoms with van der Waals surface area (Å²) >= 11 is 0. The third-order valence-electron chi connectivity index (χ3n) is 2.79. The lowest BCUT2D eigenvalue weighted by atomic mass is 10.1. The molecule has 2 amide bonds. The van der Waals surface area contributed by atoms with Crippen LogP contribution in [0.3, 0.4) is 0 Å². The van der Waals surface area contributed by atoms with Gasteiger partial charge in [-0.2, -0.15) is 0 Å². The second-order valence-corrected chi connectivity index (χ2v) is 4.98. The summed E-state index contributed by atoms with van der Waals surface area (Å²) in [4.78, 5) is 35.8. The maximum absolute atomic E-state index is 12.2. The SMILES string of the molecule is CC(C)CN1CCC(=O)N[C@@H](CCC(=O)O)C1=O. The summed E-state index contributed by atoms with van der Waals surface area (Å²) in [5.74, 6) is -1.00. The zero-order valence-electron chi connectivity index (χ0n) is 10.8. The van der Waals surface area contributed by atoms with E-state index >= 15 is 0 Å². The minimum atomic E-state index is -0.961. The summed E-state index contributed by atoms with van der Waals surface area (Å²) in [5.41, 5.74) is 0. The van der Waals surface area contributed by atoms with E-state index in [4.69, 9.17) is 5.11 Å². The molecule has 1 heterocycles. The fourth-order valence-corrected chi connectivity index (χ4v) is 1.98. The highest BCUT2D eigenvalue weighted by Crippen LogP contribution is 2.10. The Morgan fingerprint density at radius 3 is 2.72 bits per heavy atom. The van der Waals surface area contributed by atoms with Crippen LogP contribution >= 0.6 is 0 Å². The number of nitrogens with zero attached hydrogens (tertiary/aromatic N) is 1. The molecule has 1 saturated heterocycles. The van der Waals surface area contributed by atoms with Crippen LogP contribution in [-0.2, 0) is 14.4 Å². The Kier molecular flexibility index (Phi) is 5.12. The molecular weight excluding hydrogens is 236 g/mol. The van der Waals surface area contributed by atoms with Gasteiger partial charge in [-0.3, -0.25) is 14.4 Å². The van der Waals surface area contributed by atoms with E-state index in [0.717, 1.165) is 0 Å². The summed E-state index contributed by atoms with van der Waals surface area (Å²) in [5, 5.41) is 11.2. The molecule has 1 atom stereocenters. The van der Waals surface area contributed by atoms with Crippen LogP contribution in [0.1, 0.15) is 33.1 Å². The lowest BCUT2D eigenvalue weighted by molar-refractivity contribution is -0.138. The molecule has 1 fully saturated rings. The number of rotatable bonds is 5. The monoisotopic (exact) mass is 256 g/mol. The van der Waals surface area contributed by atoms with Gasteiger partial charge in [-0.15, -0.1) is 0 Å². The zero-order chi connectivity index (χ0) is 13.7. The van der Waals surface area contributed by atoms with Crippen molar-refractivity contribution in [3.8, 4) is 0 Å². The number of carbonyl (C=O) groups is 3. The van der Waals surface area contributed by atoms with Crippen molar-refractivity contribution in [2.24, 2.45) is 5.92 Å². The number of aliphatic carboxylic acids is 1. The van der Waals surface area contributed by atoms with Gasteiger partial charge in [0.05, 0.1) is 0 Å². The summed E-state index contributed by atoms with van der Waals surface area (Å²) in [7, 11) is 0. The van der Waals surface area contributed by atoms with Gasteiger partial charge in [-0.1, -0.05) is 13.8 Å². The Bertz CT molecular complexity index is 341. The van der Waals surface area contributed by atoms with E-state index < -0.39 is 12.0 Å². The van der Waals surface area contributed by atoms with Crippen molar-refractivity contribution in [2.75, 3.05) is 13.1 Å². The van der Waals surface area contributed by atoms with Gasteiger partial charge in [0.2, 0.25) is 11.8 Å². The molecule has 2 N–H and O–H groups in total. The molecule has 1 rings (SSSR count). The zero-order valence-corrected chi connectivity index (χ0v) is 10.8. The van der Waals surface area contributed by atoms with Crippen LogP contribution in [0.5, 0.6) is 0 Å². The summed E-state index contributed by atoms with van der Waals surface area (Å²) < 4.78 is 0. The maximum Gasteiger partial charge on any atom is 0.303 e. The lowest BCUT2D eigenvalue weighted by Gasteiger charge is -2.25. The van der Waals surface area contributed by atoms with Gasteiger partial charge >= 0.3 is 5.97 Å². The number of hydrogen-bond donors (Lipinski definition) is 2. The molecule has 0 aliphatic carbocycles. The average molecular weight is 256 g/mol. The number of carbonyl (C=O) groups excluding carboxylic acids is 2. The fraction of sp³-hybridized carbons (Fsp3) is 0.750. The molecule has 1 aliphatic rings. The first-order valence-corrected chi connectivity index (χ1v) is 6.20. The summed E-state index contributed by atoms with van der Waals surface area (Å²) in [6.07, 6.45) is 0.308. The molecule has 0 saturated carbocycles. The van der Waals surface area contributed by atoms with Crippen molar-refractivity contribution in [3.63, 3.8) is 0 Å². The minimum Gasteiger partial charge on any atom is -0.481 e. The van der Waals surface area contributed by atoms with Crippen molar-refractivity contribution in [2.45, 2.75) is 39.2 Å². The quantitative estimate of drug-likeness (QED) is 0.737. The number of amides is 2. The number of hydrogen-bond acceptors (Lipinski definition) is 3. The molecule has 0 spiro atoms. The Labute approximate surface area is 106 Å². The van der Waals surface area contributed by atoms with Crippen LogP contribution in [0.15, 0.2) is 0 Å². The van der Waals surface area contributed by atoms with Gasteiger partial charge in [0.1, 0.15) is 6.04 Å². The van der Waals surface area contributed by atoms with Crippen molar-refractivity contribution < 1.29 is 19.5 Å². The van der Waals surface area contributed by atoms with Gasteiger partial charge in [0, 0.05) is 25.9 Å². The average Bonchev–Trinajstić information content (AvgIpc) is 2.39. The number of carboxylic acids is 1. The van der Waals surface area contributed by atoms with Gasteiger partial charge in [-0.25, -0.2) is 0 Å². The Morgan fingerprint density at radius 2 is 2.17 bits per heavy atom. The minimum absolute atomic E-state index is 0.119. The number of nitrogens with one attached hydrogen (secondary N) is 1. The van der Waals surface area contributed by atoms with E-state index in [1.165, 1.54) is 0 Å². The topological polar surface area (TPSA) is 86.7 Å².